The van der Waals surface area contributed by atoms with Gasteiger partial charge in [-0.25, -0.2) is 47.9 Å². The zero-order valence-corrected chi connectivity index (χ0v) is 61.7. The zero-order valence-electron chi connectivity index (χ0n) is 57.4. The molecule has 9 aromatic heterocycles. The number of aliphatic hydroxyl groups excluding tert-OH is 1. The first-order chi connectivity index (χ1) is 54.3. The standard InChI is InChI=1S/C37H26FN5O5.C22H14FN5O3.C22H12FN5O2.I2/c38-32-14-7-13-28(31(32)18-39)29-17-30(35-34(15-8-16-42-35)46-21-25-9-3-1-4-10-25)33(43(36(29)44)27-19-40-24-41-20-27)23-48-37(45)47-22-26-11-5-2-6-12-26;23-18-4-1-3-14(17(18)8-24)15-7-16(21-20(30)5-2-6-27-21)19(11-29)28(22(15)31)13-9-25-12-26-10-13;23-18-4-1-3-14(17(18)8-24)15-7-16-19(11-30-20-5-2-6-27-21(16)20)28(22(15)29)13-9-25-12-26-10-13;1-2/h1-17,19-20,24H,21-23H2;1-7,9-10,12,29-30H,11H2;1-7,9-10,12H,11H2;. The number of hydrogen-bond donors (Lipinski definition) is 2. The van der Waals surface area contributed by atoms with Crippen LogP contribution < -0.4 is 26.2 Å². The molecule has 546 valence electrons. The van der Waals surface area contributed by atoms with E-state index >= 15 is 0 Å². The third kappa shape index (κ3) is 16.8. The Morgan fingerprint density at radius 2 is 0.874 bits per heavy atom. The van der Waals surface area contributed by atoms with E-state index in [1.165, 1.54) is 132 Å². The second-order valence-corrected chi connectivity index (χ2v) is 23.4. The maximum atomic E-state index is 14.9. The van der Waals surface area contributed by atoms with Gasteiger partial charge in [-0.2, -0.15) is 15.8 Å². The van der Waals surface area contributed by atoms with Crippen LogP contribution in [0.2, 0.25) is 0 Å². The molecule has 5 aromatic carbocycles. The molecule has 15 rings (SSSR count). The summed E-state index contributed by atoms with van der Waals surface area (Å²) >= 11 is 4.24. The quantitative estimate of drug-likeness (QED) is 0.0670. The summed E-state index contributed by atoms with van der Waals surface area (Å²) in [4.78, 5) is 91.4. The summed E-state index contributed by atoms with van der Waals surface area (Å²) in [7, 11) is 0. The molecular formula is C81H52F3I2N15O10. The van der Waals surface area contributed by atoms with Crippen molar-refractivity contribution in [3.05, 3.63) is 338 Å². The molecule has 0 atom stereocenters. The molecule has 0 unspecified atom stereocenters. The fourth-order valence-electron chi connectivity index (χ4n) is 12.0. The number of fused-ring (bicyclic) bond motifs is 3. The summed E-state index contributed by atoms with van der Waals surface area (Å²) in [5.41, 5.74) is 3.53. The van der Waals surface area contributed by atoms with Gasteiger partial charge in [0.25, 0.3) is 16.7 Å². The Balaban J connectivity index is 0.000000159. The number of halogens is 5. The molecule has 25 nitrogen and oxygen atoms in total. The molecule has 0 saturated carbocycles. The number of carbonyl (C=O) groups is 1. The van der Waals surface area contributed by atoms with Crippen molar-refractivity contribution in [1.29, 1.82) is 15.8 Å². The van der Waals surface area contributed by atoms with Crippen molar-refractivity contribution in [2.75, 3.05) is 0 Å². The van der Waals surface area contributed by atoms with Gasteiger partial charge in [-0.15, -0.1) is 0 Å². The molecule has 30 heteroatoms. The fourth-order valence-corrected chi connectivity index (χ4v) is 12.0. The van der Waals surface area contributed by atoms with E-state index in [0.717, 1.165) is 27.8 Å². The van der Waals surface area contributed by atoms with Crippen molar-refractivity contribution in [2.24, 2.45) is 0 Å². The molecular weight excluding hydrogens is 1650 g/mol. The van der Waals surface area contributed by atoms with E-state index in [-0.39, 0.29) is 110 Å². The number of aliphatic hydroxyl groups is 1. The highest BCUT2D eigenvalue weighted by Gasteiger charge is 2.30. The second-order valence-electron chi connectivity index (χ2n) is 23.4. The Hall–Kier alpha value is -14.0. The lowest BCUT2D eigenvalue weighted by atomic mass is 9.96. The van der Waals surface area contributed by atoms with Crippen molar-refractivity contribution in [3.8, 4) is 120 Å². The smallest absolute Gasteiger partial charge is 0.506 e. The van der Waals surface area contributed by atoms with Crippen LogP contribution in [0.3, 0.4) is 0 Å². The van der Waals surface area contributed by atoms with Gasteiger partial charge in [-0.05, 0) is 83.9 Å². The molecule has 2 N–H and O–H groups in total. The van der Waals surface area contributed by atoms with Gasteiger partial charge in [0.1, 0.15) is 115 Å². The lowest BCUT2D eigenvalue weighted by Gasteiger charge is -2.24. The molecule has 0 amide bonds. The third-order valence-electron chi connectivity index (χ3n) is 16.9. The Morgan fingerprint density at radius 3 is 1.36 bits per heavy atom. The molecule has 0 spiro atoms. The van der Waals surface area contributed by atoms with Crippen molar-refractivity contribution >= 4 is 43.4 Å². The number of carbonyl (C=O) groups excluding carboxylic acids is 1. The normalized spacial score (nSPS) is 10.8. The highest BCUT2D eigenvalue weighted by Crippen LogP contribution is 2.40. The van der Waals surface area contributed by atoms with Gasteiger partial charge >= 0.3 is 6.16 Å². The molecule has 14 aromatic rings. The largest absolute Gasteiger partial charge is 0.508 e. The highest BCUT2D eigenvalue weighted by molar-refractivity contribution is 15.0. The topological polar surface area (TPSA) is 348 Å². The number of pyridine rings is 6. The molecule has 0 fully saturated rings. The molecule has 10 heterocycles. The van der Waals surface area contributed by atoms with Crippen LogP contribution in [0.15, 0.2) is 259 Å². The van der Waals surface area contributed by atoms with Crippen LogP contribution in [0.1, 0.15) is 44.9 Å². The first-order valence-corrected chi connectivity index (χ1v) is 39.2. The maximum Gasteiger partial charge on any atom is 0.508 e. The summed E-state index contributed by atoms with van der Waals surface area (Å²) in [5.74, 6) is -1.51. The van der Waals surface area contributed by atoms with Crippen LogP contribution in [0.4, 0.5) is 18.0 Å². The molecule has 0 radical (unpaired) electrons. The Kier molecular flexibility index (Phi) is 24.9. The van der Waals surface area contributed by atoms with Crippen LogP contribution in [0.5, 0.6) is 17.2 Å². The summed E-state index contributed by atoms with van der Waals surface area (Å²) in [6.45, 7) is -0.718. The number of hydrogen-bond acceptors (Lipinski definition) is 22. The summed E-state index contributed by atoms with van der Waals surface area (Å²) in [6, 6.07) is 50.7. The van der Waals surface area contributed by atoms with Gasteiger partial charge in [0.05, 0.1) is 94.6 Å². The number of aromatic nitrogens is 12. The van der Waals surface area contributed by atoms with Crippen LogP contribution in [-0.4, -0.2) is 74.9 Å². The summed E-state index contributed by atoms with van der Waals surface area (Å²) < 4.78 is 70.2. The van der Waals surface area contributed by atoms with Crippen molar-refractivity contribution in [1.82, 2.24) is 58.6 Å². The molecule has 0 aliphatic carbocycles. The minimum atomic E-state index is -0.976. The lowest BCUT2D eigenvalue weighted by molar-refractivity contribution is 0.0435. The third-order valence-corrected chi connectivity index (χ3v) is 16.9. The van der Waals surface area contributed by atoms with Gasteiger partial charge < -0.3 is 29.2 Å². The summed E-state index contributed by atoms with van der Waals surface area (Å²) in [5, 5.41) is 49.3. The zero-order chi connectivity index (χ0) is 77.9. The van der Waals surface area contributed by atoms with Gasteiger partial charge in [0.15, 0.2) is 0 Å². The van der Waals surface area contributed by atoms with Crippen LogP contribution >= 0.6 is 37.2 Å². The van der Waals surface area contributed by atoms with Crippen LogP contribution in [0.25, 0.3) is 84.2 Å². The molecule has 1 aliphatic rings. The van der Waals surface area contributed by atoms with Crippen LogP contribution in [0, 0.1) is 51.4 Å². The number of rotatable bonds is 16. The van der Waals surface area contributed by atoms with Gasteiger partial charge in [-0.1, -0.05) is 97.1 Å². The first-order valence-electron chi connectivity index (χ1n) is 32.9. The van der Waals surface area contributed by atoms with E-state index in [2.05, 4.69) is 82.1 Å². The average molecular weight is 1710 g/mol. The Bertz CT molecular complexity index is 6100. The minimum absolute atomic E-state index is 0.0139. The van der Waals surface area contributed by atoms with E-state index in [0.29, 0.717) is 45.4 Å². The lowest BCUT2D eigenvalue weighted by Crippen LogP contribution is -2.27. The SMILES string of the molecule is II.N#Cc1c(F)cccc1-c1cc(-c2ncccc2O)c(CO)n(-c2cncnc2)c1=O.N#Cc1c(F)cccc1-c1cc(-c2ncccc2OCc2ccccc2)c(COC(=O)OCc2ccccc2)n(-c2cncnc2)c1=O.N#Cc1c(F)cccc1-c1cc2c(n(-c3cncnc3)c1=O)COc1cccnc1-2. The fraction of sp³-hybridized carbons (Fsp3) is 0.0617. The van der Waals surface area contributed by atoms with Gasteiger partial charge in [0.2, 0.25) is 0 Å². The number of nitrogens with zero attached hydrogens (tertiary/aromatic N) is 15. The van der Waals surface area contributed by atoms with Crippen LogP contribution in [-0.2, 0) is 42.5 Å². The Morgan fingerprint density at radius 1 is 0.459 bits per heavy atom. The predicted octanol–water partition coefficient (Wildman–Crippen LogP) is 14.4. The van der Waals surface area contributed by atoms with E-state index in [1.807, 2.05) is 60.7 Å². The number of nitriles is 3. The minimum Gasteiger partial charge on any atom is -0.506 e. The van der Waals surface area contributed by atoms with Gasteiger partial charge in [0, 0.05) is 106 Å². The second kappa shape index (κ2) is 36.1. The molecule has 0 saturated heterocycles. The van der Waals surface area contributed by atoms with Crippen molar-refractivity contribution < 1.29 is 47.1 Å². The van der Waals surface area contributed by atoms with Crippen molar-refractivity contribution in [2.45, 2.75) is 33.0 Å². The van der Waals surface area contributed by atoms with E-state index in [4.69, 9.17) is 18.9 Å². The monoisotopic (exact) mass is 1710 g/mol. The number of benzene rings is 5. The molecule has 1 aliphatic heterocycles. The predicted molar refractivity (Wildman–Crippen MR) is 415 cm³/mol. The van der Waals surface area contributed by atoms with E-state index < -0.39 is 53.5 Å². The van der Waals surface area contributed by atoms with E-state index in [1.54, 1.807) is 67.0 Å². The molecule has 0 bridgehead atoms. The van der Waals surface area contributed by atoms with E-state index in [9.17, 15) is 58.3 Å². The number of aromatic hydroxyl groups is 1. The average Bonchev–Trinajstić information content (AvgIpc) is 0.757. The first kappa shape index (κ1) is 76.6. The molecule has 111 heavy (non-hydrogen) atoms. The number of ether oxygens (including phenoxy) is 4. The summed E-state index contributed by atoms with van der Waals surface area (Å²) in [6.07, 6.45) is 16.1. The van der Waals surface area contributed by atoms with Gasteiger partial charge in [-0.3, -0.25) is 43.0 Å². The van der Waals surface area contributed by atoms with Crippen molar-refractivity contribution in [3.63, 3.8) is 0 Å². The maximum absolute atomic E-state index is 14.9. The Labute approximate surface area is 651 Å². The highest BCUT2D eigenvalue weighted by atomic mass is 128.